The first kappa shape index (κ1) is 22.9. The highest BCUT2D eigenvalue weighted by Gasteiger charge is 2.32. The van der Waals surface area contributed by atoms with Gasteiger partial charge >= 0.3 is 0 Å². The number of ether oxygens (including phenoxy) is 1. The van der Waals surface area contributed by atoms with Crippen LogP contribution < -0.4 is 9.64 Å². The molecule has 0 bridgehead atoms. The predicted octanol–water partition coefficient (Wildman–Crippen LogP) is 3.92. The van der Waals surface area contributed by atoms with Crippen LogP contribution in [0.1, 0.15) is 23.0 Å². The molecule has 180 valence electrons. The van der Waals surface area contributed by atoms with Crippen molar-refractivity contribution in [2.45, 2.75) is 12.6 Å². The fourth-order valence-electron chi connectivity index (χ4n) is 4.51. The summed E-state index contributed by atoms with van der Waals surface area (Å²) in [6.07, 6.45) is 0. The van der Waals surface area contributed by atoms with Crippen molar-refractivity contribution >= 4 is 5.69 Å². The number of methoxy groups -OCH3 is 1. The van der Waals surface area contributed by atoms with Crippen LogP contribution in [0.4, 0.5) is 14.5 Å². The zero-order valence-electron chi connectivity index (χ0n) is 19.4. The highest BCUT2D eigenvalue weighted by atomic mass is 19.1. The van der Waals surface area contributed by atoms with Gasteiger partial charge in [0.2, 0.25) is 0 Å². The summed E-state index contributed by atoms with van der Waals surface area (Å²) < 4.78 is 35.4. The number of aromatic nitrogens is 4. The van der Waals surface area contributed by atoms with Crippen molar-refractivity contribution in [2.75, 3.05) is 38.2 Å². The van der Waals surface area contributed by atoms with E-state index in [4.69, 9.17) is 4.74 Å². The molecule has 1 saturated heterocycles. The zero-order chi connectivity index (χ0) is 24.2. The number of tetrazole rings is 1. The summed E-state index contributed by atoms with van der Waals surface area (Å²) in [6.45, 7) is 3.23. The van der Waals surface area contributed by atoms with Crippen LogP contribution in [-0.2, 0) is 6.54 Å². The first-order valence-corrected chi connectivity index (χ1v) is 11.5. The molecule has 9 heteroatoms. The maximum atomic E-state index is 15.0. The highest BCUT2D eigenvalue weighted by Crippen LogP contribution is 2.31. The third kappa shape index (κ3) is 5.00. The van der Waals surface area contributed by atoms with E-state index in [2.05, 4.69) is 25.3 Å². The molecule has 3 aromatic carbocycles. The molecule has 1 aliphatic heterocycles. The SMILES string of the molecule is COc1ccc(Cn2nnnc2C(c2ccccc2F)N2CCN(c3ccc(F)cc3)CC2)cc1. The lowest BCUT2D eigenvalue weighted by Gasteiger charge is -2.40. The minimum Gasteiger partial charge on any atom is -0.497 e. The Morgan fingerprint density at radius 3 is 2.29 bits per heavy atom. The van der Waals surface area contributed by atoms with Crippen molar-refractivity contribution in [3.8, 4) is 5.75 Å². The maximum absolute atomic E-state index is 15.0. The Balaban J connectivity index is 1.42. The second-order valence-corrected chi connectivity index (χ2v) is 8.47. The second-order valence-electron chi connectivity index (χ2n) is 8.47. The Hall–Kier alpha value is -3.85. The van der Waals surface area contributed by atoms with Crippen molar-refractivity contribution in [1.82, 2.24) is 25.1 Å². The predicted molar refractivity (Wildman–Crippen MR) is 128 cm³/mol. The number of benzene rings is 3. The number of nitrogens with zero attached hydrogens (tertiary/aromatic N) is 6. The number of piperazine rings is 1. The lowest BCUT2D eigenvalue weighted by molar-refractivity contribution is 0.198. The fourth-order valence-corrected chi connectivity index (χ4v) is 4.51. The summed E-state index contributed by atoms with van der Waals surface area (Å²) in [7, 11) is 1.63. The van der Waals surface area contributed by atoms with Gasteiger partial charge in [0.15, 0.2) is 5.82 Å². The molecule has 0 spiro atoms. The summed E-state index contributed by atoms with van der Waals surface area (Å²) >= 11 is 0. The first-order chi connectivity index (χ1) is 17.1. The standard InChI is InChI=1S/C26H26F2N6O/c1-35-22-12-6-19(7-13-22)18-34-26(29-30-31-34)25(23-4-2-3-5-24(23)28)33-16-14-32(15-17-33)21-10-8-20(27)9-11-21/h2-13,25H,14-18H2,1H3. The van der Waals surface area contributed by atoms with Crippen LogP contribution in [0, 0.1) is 11.6 Å². The normalized spacial score (nSPS) is 15.2. The largest absolute Gasteiger partial charge is 0.497 e. The average Bonchev–Trinajstić information content (AvgIpc) is 3.34. The Bertz CT molecular complexity index is 1250. The van der Waals surface area contributed by atoms with E-state index in [1.165, 1.54) is 18.2 Å². The molecule has 1 aliphatic rings. The van der Waals surface area contributed by atoms with Crippen LogP contribution in [0.15, 0.2) is 72.8 Å². The smallest absolute Gasteiger partial charge is 0.173 e. The van der Waals surface area contributed by atoms with Gasteiger partial charge in [-0.1, -0.05) is 30.3 Å². The maximum Gasteiger partial charge on any atom is 0.173 e. The number of rotatable bonds is 7. The minimum atomic E-state index is -0.445. The molecular formula is C26H26F2N6O. The summed E-state index contributed by atoms with van der Waals surface area (Å²) in [5, 5.41) is 12.5. The van der Waals surface area contributed by atoms with Gasteiger partial charge in [-0.3, -0.25) is 4.90 Å². The van der Waals surface area contributed by atoms with E-state index in [-0.39, 0.29) is 11.6 Å². The number of anilines is 1. The molecule has 1 fully saturated rings. The molecule has 0 N–H and O–H groups in total. The van der Waals surface area contributed by atoms with Gasteiger partial charge in [0.05, 0.1) is 13.7 Å². The van der Waals surface area contributed by atoms with Gasteiger partial charge < -0.3 is 9.64 Å². The molecule has 7 nitrogen and oxygen atoms in total. The Morgan fingerprint density at radius 1 is 0.886 bits per heavy atom. The van der Waals surface area contributed by atoms with Crippen LogP contribution in [0.25, 0.3) is 0 Å². The number of halogens is 2. The summed E-state index contributed by atoms with van der Waals surface area (Å²) in [5.41, 5.74) is 2.51. The molecule has 0 saturated carbocycles. The monoisotopic (exact) mass is 476 g/mol. The molecule has 1 unspecified atom stereocenters. The number of hydrogen-bond donors (Lipinski definition) is 0. The minimum absolute atomic E-state index is 0.254. The van der Waals surface area contributed by atoms with Crippen molar-refractivity contribution in [2.24, 2.45) is 0 Å². The first-order valence-electron chi connectivity index (χ1n) is 11.5. The lowest BCUT2D eigenvalue weighted by atomic mass is 10.0. The Morgan fingerprint density at radius 2 is 1.60 bits per heavy atom. The van der Waals surface area contributed by atoms with Gasteiger partial charge in [0, 0.05) is 37.4 Å². The van der Waals surface area contributed by atoms with Crippen LogP contribution in [-0.4, -0.2) is 58.4 Å². The van der Waals surface area contributed by atoms with Gasteiger partial charge in [-0.25, -0.2) is 13.5 Å². The van der Waals surface area contributed by atoms with E-state index in [0.717, 1.165) is 30.1 Å². The number of hydrogen-bond acceptors (Lipinski definition) is 6. The van der Waals surface area contributed by atoms with Crippen molar-refractivity contribution in [3.05, 3.63) is 101 Å². The summed E-state index contributed by atoms with van der Waals surface area (Å²) in [4.78, 5) is 4.41. The topological polar surface area (TPSA) is 59.3 Å². The molecule has 1 aromatic heterocycles. The average molecular weight is 477 g/mol. The van der Waals surface area contributed by atoms with Crippen LogP contribution >= 0.6 is 0 Å². The van der Waals surface area contributed by atoms with Gasteiger partial charge in [-0.15, -0.1) is 5.10 Å². The third-order valence-corrected chi connectivity index (χ3v) is 6.37. The lowest BCUT2D eigenvalue weighted by Crippen LogP contribution is -2.48. The van der Waals surface area contributed by atoms with Crippen molar-refractivity contribution < 1.29 is 13.5 Å². The quantitative estimate of drug-likeness (QED) is 0.403. The van der Waals surface area contributed by atoms with E-state index in [9.17, 15) is 4.39 Å². The van der Waals surface area contributed by atoms with E-state index in [0.29, 0.717) is 31.0 Å². The molecule has 0 amide bonds. The molecule has 1 atom stereocenters. The van der Waals surface area contributed by atoms with E-state index < -0.39 is 6.04 Å². The molecule has 35 heavy (non-hydrogen) atoms. The van der Waals surface area contributed by atoms with Crippen LogP contribution in [0.5, 0.6) is 5.75 Å². The highest BCUT2D eigenvalue weighted by molar-refractivity contribution is 5.46. The van der Waals surface area contributed by atoms with E-state index in [1.807, 2.05) is 30.3 Å². The van der Waals surface area contributed by atoms with Gasteiger partial charge in [0.1, 0.15) is 23.4 Å². The van der Waals surface area contributed by atoms with Crippen molar-refractivity contribution in [3.63, 3.8) is 0 Å². The molecular weight excluding hydrogens is 450 g/mol. The van der Waals surface area contributed by atoms with Gasteiger partial charge in [-0.05, 0) is 58.5 Å². The second kappa shape index (κ2) is 10.2. The summed E-state index contributed by atoms with van der Waals surface area (Å²) in [5.74, 6) is 0.809. The molecule has 2 heterocycles. The summed E-state index contributed by atoms with van der Waals surface area (Å²) in [6, 6.07) is 20.5. The Labute approximate surface area is 202 Å². The van der Waals surface area contributed by atoms with Crippen molar-refractivity contribution in [1.29, 1.82) is 0 Å². The fraction of sp³-hybridized carbons (Fsp3) is 0.269. The third-order valence-electron chi connectivity index (χ3n) is 6.37. The van der Waals surface area contributed by atoms with E-state index >= 15 is 4.39 Å². The molecule has 5 rings (SSSR count). The molecule has 0 aliphatic carbocycles. The zero-order valence-corrected chi connectivity index (χ0v) is 19.4. The van der Waals surface area contributed by atoms with E-state index in [1.54, 1.807) is 36.1 Å². The molecule has 0 radical (unpaired) electrons. The van der Waals surface area contributed by atoms with Crippen LogP contribution in [0.2, 0.25) is 0 Å². The van der Waals surface area contributed by atoms with Gasteiger partial charge in [-0.2, -0.15) is 0 Å². The molecule has 4 aromatic rings. The van der Waals surface area contributed by atoms with Gasteiger partial charge in [0.25, 0.3) is 0 Å². The van der Waals surface area contributed by atoms with Crippen LogP contribution in [0.3, 0.4) is 0 Å². The Kier molecular flexibility index (Phi) is 6.67.